The molecule has 162 valence electrons. The molecule has 0 unspecified atom stereocenters. The van der Waals surface area contributed by atoms with Crippen LogP contribution in [0, 0.1) is 12.8 Å². The summed E-state index contributed by atoms with van der Waals surface area (Å²) in [5.74, 6) is 1.10. The zero-order valence-corrected chi connectivity index (χ0v) is 18.6. The number of ether oxygens (including phenoxy) is 1. The minimum atomic E-state index is -0.201. The van der Waals surface area contributed by atoms with Crippen molar-refractivity contribution in [2.75, 3.05) is 12.0 Å². The van der Waals surface area contributed by atoms with Crippen LogP contribution in [0.5, 0.6) is 5.75 Å². The van der Waals surface area contributed by atoms with Crippen molar-refractivity contribution in [3.05, 3.63) is 53.1 Å². The molecule has 1 heterocycles. The Bertz CT molecular complexity index is 1020. The molecule has 0 aromatic heterocycles. The molecule has 2 amide bonds. The summed E-state index contributed by atoms with van der Waals surface area (Å²) in [5, 5.41) is 6.53. The molecule has 6 heteroatoms. The molecule has 0 spiro atoms. The number of methoxy groups -OCH3 is 1. The molecule has 0 saturated heterocycles. The van der Waals surface area contributed by atoms with Crippen LogP contribution in [0.15, 0.2) is 41.5 Å². The lowest BCUT2D eigenvalue weighted by Crippen LogP contribution is -2.41. The van der Waals surface area contributed by atoms with E-state index in [1.54, 1.807) is 29.2 Å². The number of aldehydes is 1. The van der Waals surface area contributed by atoms with Gasteiger partial charge in [0, 0.05) is 17.0 Å². The number of aryl methyl sites for hydroxylation is 1. The molecule has 1 fully saturated rings. The van der Waals surface area contributed by atoms with Crippen LogP contribution in [0.25, 0.3) is 0 Å². The summed E-state index contributed by atoms with van der Waals surface area (Å²) in [5.41, 5.74) is 4.92. The summed E-state index contributed by atoms with van der Waals surface area (Å²) in [6, 6.07) is 10.8. The third-order valence-corrected chi connectivity index (χ3v) is 6.15. The van der Waals surface area contributed by atoms with Gasteiger partial charge in [0.1, 0.15) is 12.0 Å². The number of urea groups is 1. The number of nitrogens with zero attached hydrogens (tertiary/aromatic N) is 3. The second-order valence-corrected chi connectivity index (χ2v) is 8.57. The van der Waals surface area contributed by atoms with E-state index in [0.717, 1.165) is 47.4 Å². The third kappa shape index (κ3) is 3.82. The largest absolute Gasteiger partial charge is 0.496 e. The molecule has 0 radical (unpaired) electrons. The van der Waals surface area contributed by atoms with Gasteiger partial charge >= 0.3 is 6.03 Å². The molecule has 0 atom stereocenters. The summed E-state index contributed by atoms with van der Waals surface area (Å²) in [7, 11) is 1.67. The highest BCUT2D eigenvalue weighted by molar-refractivity contribution is 6.14. The van der Waals surface area contributed by atoms with Gasteiger partial charge in [-0.1, -0.05) is 12.8 Å². The van der Waals surface area contributed by atoms with E-state index < -0.39 is 0 Å². The topological polar surface area (TPSA) is 62.2 Å². The zero-order valence-electron chi connectivity index (χ0n) is 18.6. The highest BCUT2D eigenvalue weighted by atomic mass is 16.5. The van der Waals surface area contributed by atoms with Crippen molar-refractivity contribution < 1.29 is 14.3 Å². The van der Waals surface area contributed by atoms with Gasteiger partial charge < -0.3 is 4.74 Å². The maximum atomic E-state index is 13.8. The van der Waals surface area contributed by atoms with Gasteiger partial charge in [0.25, 0.3) is 0 Å². The second-order valence-electron chi connectivity index (χ2n) is 8.57. The number of anilines is 2. The molecular formula is C25H29N3O3. The van der Waals surface area contributed by atoms with Gasteiger partial charge in [0.05, 0.1) is 30.2 Å². The number of hydrogen-bond acceptors (Lipinski definition) is 4. The Labute approximate surface area is 183 Å². The molecule has 2 aliphatic rings. The van der Waals surface area contributed by atoms with Gasteiger partial charge in [-0.3, -0.25) is 9.69 Å². The van der Waals surface area contributed by atoms with E-state index in [1.165, 1.54) is 12.8 Å². The molecule has 2 aromatic rings. The van der Waals surface area contributed by atoms with E-state index in [2.05, 4.69) is 0 Å². The molecule has 31 heavy (non-hydrogen) atoms. The SMILES string of the molecule is COc1cc2c(cc1C)N(c1ccc(C=O)cc1)C(=O)N(C(C)C)N=C2C1CCCC1. The van der Waals surface area contributed by atoms with E-state index in [9.17, 15) is 9.59 Å². The van der Waals surface area contributed by atoms with Crippen molar-refractivity contribution >= 4 is 29.4 Å². The zero-order chi connectivity index (χ0) is 22.1. The van der Waals surface area contributed by atoms with Crippen LogP contribution in [-0.4, -0.2) is 36.2 Å². The van der Waals surface area contributed by atoms with Crippen LogP contribution >= 0.6 is 0 Å². The average molecular weight is 420 g/mol. The van der Waals surface area contributed by atoms with Gasteiger partial charge in [-0.15, -0.1) is 0 Å². The number of carbonyl (C=O) groups is 2. The van der Waals surface area contributed by atoms with Crippen molar-refractivity contribution in [1.82, 2.24) is 5.01 Å². The summed E-state index contributed by atoms with van der Waals surface area (Å²) in [6.07, 6.45) is 5.30. The number of carbonyl (C=O) groups excluding carboxylic acids is 2. The summed E-state index contributed by atoms with van der Waals surface area (Å²) >= 11 is 0. The normalized spacial score (nSPS) is 16.9. The predicted octanol–water partition coefficient (Wildman–Crippen LogP) is 5.69. The molecule has 1 saturated carbocycles. The van der Waals surface area contributed by atoms with Crippen LogP contribution < -0.4 is 9.64 Å². The molecule has 1 aliphatic heterocycles. The minimum absolute atomic E-state index is 0.0991. The fraction of sp³-hybridized carbons (Fsp3) is 0.400. The Balaban J connectivity index is 1.96. The average Bonchev–Trinajstić information content (AvgIpc) is 3.26. The number of hydrogen-bond donors (Lipinski definition) is 0. The third-order valence-electron chi connectivity index (χ3n) is 6.15. The number of rotatable bonds is 5. The second kappa shape index (κ2) is 8.53. The first-order chi connectivity index (χ1) is 14.9. The molecule has 2 aromatic carbocycles. The van der Waals surface area contributed by atoms with E-state index in [1.807, 2.05) is 45.0 Å². The Morgan fingerprint density at radius 1 is 1.13 bits per heavy atom. The predicted molar refractivity (Wildman–Crippen MR) is 123 cm³/mol. The van der Waals surface area contributed by atoms with E-state index >= 15 is 0 Å². The van der Waals surface area contributed by atoms with E-state index in [0.29, 0.717) is 17.2 Å². The summed E-state index contributed by atoms with van der Waals surface area (Å²) in [4.78, 5) is 26.6. The van der Waals surface area contributed by atoms with Crippen LogP contribution in [0.4, 0.5) is 16.2 Å². The quantitative estimate of drug-likeness (QED) is 0.585. The van der Waals surface area contributed by atoms with Crippen molar-refractivity contribution in [3.63, 3.8) is 0 Å². The molecule has 6 nitrogen and oxygen atoms in total. The molecular weight excluding hydrogens is 390 g/mol. The van der Waals surface area contributed by atoms with Crippen LogP contribution in [0.1, 0.15) is 61.0 Å². The number of benzene rings is 2. The lowest BCUT2D eigenvalue weighted by Gasteiger charge is -2.29. The molecule has 1 aliphatic carbocycles. The number of hydrazone groups is 1. The fourth-order valence-electron chi connectivity index (χ4n) is 4.49. The summed E-state index contributed by atoms with van der Waals surface area (Å²) < 4.78 is 5.62. The summed E-state index contributed by atoms with van der Waals surface area (Å²) in [6.45, 7) is 5.93. The fourth-order valence-corrected chi connectivity index (χ4v) is 4.49. The Morgan fingerprint density at radius 3 is 2.39 bits per heavy atom. The molecule has 4 rings (SSSR count). The Hall–Kier alpha value is -3.15. The standard InChI is InChI=1S/C25H29N3O3/c1-16(2)28-25(30)27(20-11-9-18(15-29)10-12-20)22-13-17(3)23(31-4)14-21(22)24(26-28)19-7-5-6-8-19/h9-16,19H,5-8H2,1-4H3. The number of fused-ring (bicyclic) bond motifs is 1. The van der Waals surface area contributed by atoms with Gasteiger partial charge in [0.15, 0.2) is 0 Å². The van der Waals surface area contributed by atoms with Crippen molar-refractivity contribution in [1.29, 1.82) is 0 Å². The van der Waals surface area contributed by atoms with Gasteiger partial charge in [0.2, 0.25) is 0 Å². The lowest BCUT2D eigenvalue weighted by molar-refractivity contribution is 0.112. The van der Waals surface area contributed by atoms with Crippen molar-refractivity contribution in [2.45, 2.75) is 52.5 Å². The van der Waals surface area contributed by atoms with Gasteiger partial charge in [-0.2, -0.15) is 5.10 Å². The van der Waals surface area contributed by atoms with Crippen molar-refractivity contribution in [2.24, 2.45) is 11.0 Å². The van der Waals surface area contributed by atoms with Crippen LogP contribution in [0.3, 0.4) is 0 Å². The molecule has 0 N–H and O–H groups in total. The smallest absolute Gasteiger partial charge is 0.349 e. The maximum Gasteiger partial charge on any atom is 0.349 e. The minimum Gasteiger partial charge on any atom is -0.496 e. The van der Waals surface area contributed by atoms with Gasteiger partial charge in [-0.25, -0.2) is 9.80 Å². The highest BCUT2D eigenvalue weighted by Gasteiger charge is 2.36. The highest BCUT2D eigenvalue weighted by Crippen LogP contribution is 2.41. The van der Waals surface area contributed by atoms with Crippen LogP contribution in [0.2, 0.25) is 0 Å². The monoisotopic (exact) mass is 419 g/mol. The lowest BCUT2D eigenvalue weighted by atomic mass is 9.92. The number of amides is 2. The Morgan fingerprint density at radius 2 is 1.81 bits per heavy atom. The first-order valence-corrected chi connectivity index (χ1v) is 10.9. The van der Waals surface area contributed by atoms with E-state index in [4.69, 9.17) is 9.84 Å². The van der Waals surface area contributed by atoms with Gasteiger partial charge in [-0.05, 0) is 75.6 Å². The molecule has 0 bridgehead atoms. The van der Waals surface area contributed by atoms with E-state index in [-0.39, 0.29) is 12.1 Å². The first kappa shape index (κ1) is 21.1. The Kier molecular flexibility index (Phi) is 5.81. The van der Waals surface area contributed by atoms with Crippen molar-refractivity contribution in [3.8, 4) is 5.75 Å². The maximum absolute atomic E-state index is 13.8. The first-order valence-electron chi connectivity index (χ1n) is 10.9. The van der Waals surface area contributed by atoms with Crippen LogP contribution in [-0.2, 0) is 0 Å².